The summed E-state index contributed by atoms with van der Waals surface area (Å²) in [6.07, 6.45) is 0. The van der Waals surface area contributed by atoms with Gasteiger partial charge in [-0.15, -0.1) is 0 Å². The van der Waals surface area contributed by atoms with Gasteiger partial charge in [-0.1, -0.05) is 29.8 Å². The first kappa shape index (κ1) is 14.7. The molecule has 0 amide bonds. The lowest BCUT2D eigenvalue weighted by atomic mass is 10.2. The van der Waals surface area contributed by atoms with Crippen LogP contribution in [-0.2, 0) is 13.2 Å². The summed E-state index contributed by atoms with van der Waals surface area (Å²) in [6, 6.07) is 10.6. The summed E-state index contributed by atoms with van der Waals surface area (Å²) in [5.41, 5.74) is 7.24. The third-order valence-electron chi connectivity index (χ3n) is 2.89. The van der Waals surface area contributed by atoms with Gasteiger partial charge in [0.25, 0.3) is 0 Å². The minimum absolute atomic E-state index is 0.0587. The minimum Gasteiger partial charge on any atom is -0.493 e. The van der Waals surface area contributed by atoms with Gasteiger partial charge in [0.05, 0.1) is 18.7 Å². The molecule has 0 bridgehead atoms. The van der Waals surface area contributed by atoms with Crippen LogP contribution in [0.4, 0.5) is 0 Å². The number of methoxy groups -OCH3 is 1. The summed E-state index contributed by atoms with van der Waals surface area (Å²) in [4.78, 5) is 0. The molecule has 2 aromatic carbocycles. The minimum atomic E-state index is -0.0587. The van der Waals surface area contributed by atoms with Crippen LogP contribution in [-0.4, -0.2) is 12.2 Å². The molecule has 0 radical (unpaired) electrons. The Bertz CT molecular complexity index is 602. The van der Waals surface area contributed by atoms with E-state index in [1.807, 2.05) is 12.1 Å². The Morgan fingerprint density at radius 3 is 2.65 bits per heavy atom. The molecule has 0 aliphatic rings. The molecule has 5 heteroatoms. The van der Waals surface area contributed by atoms with Crippen LogP contribution in [0.5, 0.6) is 17.2 Å². The summed E-state index contributed by atoms with van der Waals surface area (Å²) in [5.74, 6) is 1.57. The van der Waals surface area contributed by atoms with Crippen molar-refractivity contribution in [3.05, 3.63) is 52.5 Å². The number of para-hydroxylation sites is 1. The average molecular weight is 294 g/mol. The van der Waals surface area contributed by atoms with E-state index < -0.39 is 0 Å². The van der Waals surface area contributed by atoms with Crippen molar-refractivity contribution in [1.82, 2.24) is 0 Å². The van der Waals surface area contributed by atoms with Gasteiger partial charge in [-0.2, -0.15) is 0 Å². The molecule has 2 rings (SSSR count). The second kappa shape index (κ2) is 6.61. The van der Waals surface area contributed by atoms with Crippen molar-refractivity contribution in [3.8, 4) is 17.2 Å². The average Bonchev–Trinajstić information content (AvgIpc) is 2.49. The van der Waals surface area contributed by atoms with Gasteiger partial charge < -0.3 is 20.3 Å². The van der Waals surface area contributed by atoms with Crippen LogP contribution in [0.25, 0.3) is 0 Å². The molecule has 2 aromatic rings. The fraction of sp³-hybridized carbons (Fsp3) is 0.200. The number of hydrogen-bond donors (Lipinski definition) is 2. The van der Waals surface area contributed by atoms with Crippen LogP contribution in [0, 0.1) is 0 Å². The van der Waals surface area contributed by atoms with Gasteiger partial charge in [0.15, 0.2) is 17.2 Å². The monoisotopic (exact) mass is 293 g/mol. The Morgan fingerprint density at radius 2 is 2.00 bits per heavy atom. The molecule has 3 N–H and O–H groups in total. The van der Waals surface area contributed by atoms with E-state index in [0.29, 0.717) is 28.8 Å². The van der Waals surface area contributed by atoms with Gasteiger partial charge in [0.1, 0.15) is 0 Å². The number of rotatable bonds is 5. The molecule has 0 aromatic heterocycles. The van der Waals surface area contributed by atoms with E-state index in [1.165, 1.54) is 0 Å². The zero-order valence-electron chi connectivity index (χ0n) is 11.1. The Morgan fingerprint density at radius 1 is 1.20 bits per heavy atom. The molecule has 0 unspecified atom stereocenters. The zero-order chi connectivity index (χ0) is 14.5. The third kappa shape index (κ3) is 3.04. The number of halogens is 1. The lowest BCUT2D eigenvalue weighted by Crippen LogP contribution is -2.00. The van der Waals surface area contributed by atoms with Crippen LogP contribution in [0.1, 0.15) is 11.1 Å². The predicted octanol–water partition coefficient (Wildman–Crippen LogP) is 3.09. The Hall–Kier alpha value is -1.75. The smallest absolute Gasteiger partial charge is 0.169 e. The van der Waals surface area contributed by atoms with Gasteiger partial charge in [-0.05, 0) is 23.8 Å². The number of benzene rings is 2. The van der Waals surface area contributed by atoms with Crippen molar-refractivity contribution < 1.29 is 14.6 Å². The quantitative estimate of drug-likeness (QED) is 0.889. The second-order valence-corrected chi connectivity index (χ2v) is 4.58. The van der Waals surface area contributed by atoms with Crippen LogP contribution >= 0.6 is 11.6 Å². The number of nitrogens with two attached hydrogens (primary N) is 1. The summed E-state index contributed by atoms with van der Waals surface area (Å²) in [5, 5.41) is 9.62. The van der Waals surface area contributed by atoms with Crippen LogP contribution in [0.15, 0.2) is 36.4 Å². The van der Waals surface area contributed by atoms with Gasteiger partial charge in [-0.25, -0.2) is 0 Å². The van der Waals surface area contributed by atoms with Gasteiger partial charge in [0, 0.05) is 12.1 Å². The fourth-order valence-corrected chi connectivity index (χ4v) is 2.07. The fourth-order valence-electron chi connectivity index (χ4n) is 1.83. The van der Waals surface area contributed by atoms with Crippen molar-refractivity contribution in [2.24, 2.45) is 5.73 Å². The first-order valence-corrected chi connectivity index (χ1v) is 6.50. The van der Waals surface area contributed by atoms with Crippen LogP contribution in [0.2, 0.25) is 5.02 Å². The summed E-state index contributed by atoms with van der Waals surface area (Å²) >= 11 is 6.15. The molecular weight excluding hydrogens is 278 g/mol. The third-order valence-corrected chi connectivity index (χ3v) is 3.19. The molecule has 4 nitrogen and oxygen atoms in total. The highest BCUT2D eigenvalue weighted by molar-refractivity contribution is 6.32. The maximum atomic E-state index is 9.13. The maximum absolute atomic E-state index is 9.13. The number of aliphatic hydroxyl groups excluding tert-OH is 1. The van der Waals surface area contributed by atoms with E-state index in [9.17, 15) is 0 Å². The van der Waals surface area contributed by atoms with Crippen molar-refractivity contribution in [2.45, 2.75) is 13.2 Å². The van der Waals surface area contributed by atoms with Crippen molar-refractivity contribution in [3.63, 3.8) is 0 Å². The Kier molecular flexibility index (Phi) is 4.84. The SMILES string of the molecule is COc1cc(CO)ccc1Oc1c(Cl)cccc1CN. The highest BCUT2D eigenvalue weighted by Gasteiger charge is 2.12. The molecule has 0 heterocycles. The number of ether oxygens (including phenoxy) is 2. The molecule has 20 heavy (non-hydrogen) atoms. The topological polar surface area (TPSA) is 64.7 Å². The van der Waals surface area contributed by atoms with E-state index in [1.54, 1.807) is 31.4 Å². The molecule has 0 spiro atoms. The molecule has 0 atom stereocenters. The Labute approximate surface area is 122 Å². The molecule has 0 saturated carbocycles. The molecular formula is C15H16ClNO3. The molecule has 106 valence electrons. The second-order valence-electron chi connectivity index (χ2n) is 4.18. The number of aliphatic hydroxyl groups is 1. The van der Waals surface area contributed by atoms with Crippen LogP contribution < -0.4 is 15.2 Å². The van der Waals surface area contributed by atoms with Gasteiger partial charge >= 0.3 is 0 Å². The van der Waals surface area contributed by atoms with E-state index in [0.717, 1.165) is 11.1 Å². The van der Waals surface area contributed by atoms with Crippen molar-refractivity contribution >= 4 is 11.6 Å². The largest absolute Gasteiger partial charge is 0.493 e. The summed E-state index contributed by atoms with van der Waals surface area (Å²) in [7, 11) is 1.54. The van der Waals surface area contributed by atoms with E-state index in [4.69, 9.17) is 31.9 Å². The van der Waals surface area contributed by atoms with Crippen LogP contribution in [0.3, 0.4) is 0 Å². The lowest BCUT2D eigenvalue weighted by Gasteiger charge is -2.14. The highest BCUT2D eigenvalue weighted by atomic mass is 35.5. The predicted molar refractivity (Wildman–Crippen MR) is 78.3 cm³/mol. The molecule has 0 aliphatic heterocycles. The number of hydrogen-bond acceptors (Lipinski definition) is 4. The summed E-state index contributed by atoms with van der Waals surface area (Å²) < 4.78 is 11.1. The van der Waals surface area contributed by atoms with E-state index in [-0.39, 0.29) is 6.61 Å². The van der Waals surface area contributed by atoms with Crippen molar-refractivity contribution in [2.75, 3.05) is 7.11 Å². The summed E-state index contributed by atoms with van der Waals surface area (Å²) in [6.45, 7) is 0.268. The molecule has 0 fully saturated rings. The van der Waals surface area contributed by atoms with Crippen molar-refractivity contribution in [1.29, 1.82) is 0 Å². The maximum Gasteiger partial charge on any atom is 0.169 e. The zero-order valence-corrected chi connectivity index (χ0v) is 11.9. The normalized spacial score (nSPS) is 10.4. The van der Waals surface area contributed by atoms with E-state index in [2.05, 4.69) is 0 Å². The first-order valence-electron chi connectivity index (χ1n) is 6.12. The Balaban J connectivity index is 2.39. The molecule has 0 saturated heterocycles. The molecule has 0 aliphatic carbocycles. The standard InChI is InChI=1S/C15H16ClNO3/c1-19-14-7-10(9-18)5-6-13(14)20-15-11(8-17)3-2-4-12(15)16/h2-7,18H,8-9,17H2,1H3. The van der Waals surface area contributed by atoms with Gasteiger partial charge in [0.2, 0.25) is 0 Å². The van der Waals surface area contributed by atoms with Gasteiger partial charge in [-0.3, -0.25) is 0 Å². The lowest BCUT2D eigenvalue weighted by molar-refractivity contribution is 0.280. The highest BCUT2D eigenvalue weighted by Crippen LogP contribution is 2.37. The first-order chi connectivity index (χ1) is 9.69. The van der Waals surface area contributed by atoms with E-state index >= 15 is 0 Å².